The zero-order valence-corrected chi connectivity index (χ0v) is 21.1. The number of aromatic nitrogens is 3. The van der Waals surface area contributed by atoms with E-state index in [0.29, 0.717) is 56.7 Å². The number of hydrogen-bond donors (Lipinski definition) is 1. The lowest BCUT2D eigenvalue weighted by Crippen LogP contribution is -2.48. The van der Waals surface area contributed by atoms with Gasteiger partial charge in [-0.05, 0) is 20.8 Å². The molecule has 2 aliphatic heterocycles. The molecule has 5 rings (SSSR count). The van der Waals surface area contributed by atoms with Gasteiger partial charge in [-0.3, -0.25) is 9.59 Å². The van der Waals surface area contributed by atoms with Gasteiger partial charge in [0.1, 0.15) is 23.0 Å². The van der Waals surface area contributed by atoms with Gasteiger partial charge >= 0.3 is 0 Å². The van der Waals surface area contributed by atoms with Crippen molar-refractivity contribution < 1.29 is 14.1 Å². The monoisotopic (exact) mass is 489 g/mol. The maximum atomic E-state index is 13.2. The Morgan fingerprint density at radius 1 is 1.08 bits per heavy atom. The van der Waals surface area contributed by atoms with Gasteiger partial charge in [0.05, 0.1) is 6.54 Å². The van der Waals surface area contributed by atoms with Crippen molar-refractivity contribution in [1.29, 1.82) is 0 Å². The van der Waals surface area contributed by atoms with Crippen molar-refractivity contribution in [3.05, 3.63) is 52.9 Å². The number of hydrogen-bond acceptors (Lipinski definition) is 8. The molecule has 0 radical (unpaired) electrons. The molecule has 2 aliphatic rings. The number of nitrogens with one attached hydrogen (secondary N) is 1. The van der Waals surface area contributed by atoms with Crippen molar-refractivity contribution in [2.75, 3.05) is 36.4 Å². The molecular weight excluding hydrogens is 458 g/mol. The first-order chi connectivity index (χ1) is 17.3. The van der Waals surface area contributed by atoms with Crippen LogP contribution in [0.5, 0.6) is 0 Å². The molecule has 0 aliphatic carbocycles. The van der Waals surface area contributed by atoms with Crippen LogP contribution < -0.4 is 10.2 Å². The molecule has 1 fully saturated rings. The number of carbonyl (C=O) groups is 2. The highest BCUT2D eigenvalue weighted by Gasteiger charge is 2.35. The maximum absolute atomic E-state index is 13.2. The van der Waals surface area contributed by atoms with Crippen LogP contribution in [0.2, 0.25) is 0 Å². The van der Waals surface area contributed by atoms with Gasteiger partial charge in [0.2, 0.25) is 11.9 Å². The van der Waals surface area contributed by atoms with Gasteiger partial charge in [-0.15, -0.1) is 0 Å². The third kappa shape index (κ3) is 4.38. The quantitative estimate of drug-likeness (QED) is 0.563. The summed E-state index contributed by atoms with van der Waals surface area (Å²) in [6.07, 6.45) is 0. The van der Waals surface area contributed by atoms with Gasteiger partial charge in [0.25, 0.3) is 5.91 Å². The lowest BCUT2D eigenvalue weighted by molar-refractivity contribution is -0.129. The standard InChI is InChI=1S/C26H31N7O3/c1-16(2)33-15-21-23(25(33)35)28-26(32-12-10-31(11-13-32)18(4)34)29-24(21)27-14-20-17(3)36-30-22(20)19-8-6-5-7-9-19/h5-9,16H,10-15H2,1-4H3,(H,27,28,29). The van der Waals surface area contributed by atoms with Crippen molar-refractivity contribution in [3.63, 3.8) is 0 Å². The summed E-state index contributed by atoms with van der Waals surface area (Å²) in [5.74, 6) is 1.85. The summed E-state index contributed by atoms with van der Waals surface area (Å²) >= 11 is 0. The summed E-state index contributed by atoms with van der Waals surface area (Å²) in [5.41, 5.74) is 3.94. The second-order valence-electron chi connectivity index (χ2n) is 9.50. The topological polar surface area (TPSA) is 108 Å². The van der Waals surface area contributed by atoms with Crippen LogP contribution in [-0.4, -0.2) is 69.0 Å². The summed E-state index contributed by atoms with van der Waals surface area (Å²) < 4.78 is 5.52. The number of rotatable bonds is 6. The Bertz CT molecular complexity index is 1280. The molecule has 2 aromatic heterocycles. The van der Waals surface area contributed by atoms with Gasteiger partial charge in [0.15, 0.2) is 0 Å². The van der Waals surface area contributed by atoms with Crippen LogP contribution in [0.1, 0.15) is 48.1 Å². The number of aryl methyl sites for hydroxylation is 1. The summed E-state index contributed by atoms with van der Waals surface area (Å²) in [6, 6.07) is 9.96. The van der Waals surface area contributed by atoms with Crippen LogP contribution in [0.3, 0.4) is 0 Å². The lowest BCUT2D eigenvalue weighted by atomic mass is 10.1. The van der Waals surface area contributed by atoms with Crippen molar-refractivity contribution >= 4 is 23.6 Å². The maximum Gasteiger partial charge on any atom is 0.273 e. The number of carbonyl (C=O) groups excluding carboxylic acids is 2. The number of anilines is 2. The van der Waals surface area contributed by atoms with E-state index in [9.17, 15) is 9.59 Å². The molecule has 1 aromatic carbocycles. The zero-order valence-electron chi connectivity index (χ0n) is 21.1. The third-order valence-corrected chi connectivity index (χ3v) is 6.88. The third-order valence-electron chi connectivity index (χ3n) is 6.88. The Morgan fingerprint density at radius 3 is 2.47 bits per heavy atom. The van der Waals surface area contributed by atoms with Crippen LogP contribution in [-0.2, 0) is 17.9 Å². The fourth-order valence-corrected chi connectivity index (χ4v) is 4.70. The Hall–Kier alpha value is -3.95. The molecule has 2 amide bonds. The van der Waals surface area contributed by atoms with E-state index in [1.807, 2.05) is 65.8 Å². The van der Waals surface area contributed by atoms with Crippen LogP contribution in [0.25, 0.3) is 11.3 Å². The number of benzene rings is 1. The molecule has 36 heavy (non-hydrogen) atoms. The van der Waals surface area contributed by atoms with E-state index >= 15 is 0 Å². The van der Waals surface area contributed by atoms with Gasteiger partial charge in [0, 0.05) is 62.4 Å². The van der Waals surface area contributed by atoms with E-state index in [0.717, 1.165) is 28.1 Å². The van der Waals surface area contributed by atoms with Crippen LogP contribution in [0.15, 0.2) is 34.9 Å². The second kappa shape index (κ2) is 9.60. The number of nitrogens with zero attached hydrogens (tertiary/aromatic N) is 6. The molecule has 0 unspecified atom stereocenters. The molecule has 0 saturated carbocycles. The molecule has 10 heteroatoms. The highest BCUT2D eigenvalue weighted by molar-refractivity contribution is 5.98. The summed E-state index contributed by atoms with van der Waals surface area (Å²) in [4.78, 5) is 40.2. The van der Waals surface area contributed by atoms with Gasteiger partial charge in [-0.2, -0.15) is 4.98 Å². The summed E-state index contributed by atoms with van der Waals surface area (Å²) in [5, 5.41) is 7.74. The molecule has 1 saturated heterocycles. The van der Waals surface area contributed by atoms with Crippen molar-refractivity contribution in [2.24, 2.45) is 0 Å². The van der Waals surface area contributed by atoms with Crippen molar-refractivity contribution in [2.45, 2.75) is 46.8 Å². The first-order valence-electron chi connectivity index (χ1n) is 12.3. The summed E-state index contributed by atoms with van der Waals surface area (Å²) in [7, 11) is 0. The predicted octanol–water partition coefficient (Wildman–Crippen LogP) is 3.08. The fourth-order valence-electron chi connectivity index (χ4n) is 4.70. The van der Waals surface area contributed by atoms with Crippen LogP contribution in [0.4, 0.5) is 11.8 Å². The van der Waals surface area contributed by atoms with Gasteiger partial charge in [-0.25, -0.2) is 4.98 Å². The molecule has 1 N–H and O–H groups in total. The van der Waals surface area contributed by atoms with E-state index in [1.54, 1.807) is 6.92 Å². The minimum absolute atomic E-state index is 0.0483. The fraction of sp³-hybridized carbons (Fsp3) is 0.423. The van der Waals surface area contributed by atoms with Crippen molar-refractivity contribution in [3.8, 4) is 11.3 Å². The minimum atomic E-state index is -0.0831. The highest BCUT2D eigenvalue weighted by Crippen LogP contribution is 2.32. The average molecular weight is 490 g/mol. The molecule has 0 atom stereocenters. The lowest BCUT2D eigenvalue weighted by Gasteiger charge is -2.34. The minimum Gasteiger partial charge on any atom is -0.365 e. The molecule has 3 aromatic rings. The van der Waals surface area contributed by atoms with Crippen LogP contribution >= 0.6 is 0 Å². The zero-order chi connectivity index (χ0) is 25.4. The Labute approximate surface area is 210 Å². The first-order valence-corrected chi connectivity index (χ1v) is 12.3. The Kier molecular flexibility index (Phi) is 6.34. The SMILES string of the molecule is CC(=O)N1CCN(c2nc(NCc3c(-c4ccccc4)noc3C)c3c(n2)C(=O)N(C(C)C)C3)CC1. The highest BCUT2D eigenvalue weighted by atomic mass is 16.5. The predicted molar refractivity (Wildman–Crippen MR) is 136 cm³/mol. The van der Waals surface area contributed by atoms with Crippen LogP contribution in [0, 0.1) is 6.92 Å². The molecule has 4 heterocycles. The van der Waals surface area contributed by atoms with Crippen molar-refractivity contribution in [1.82, 2.24) is 24.9 Å². The Balaban J connectivity index is 1.46. The number of piperazine rings is 1. The number of fused-ring (bicyclic) bond motifs is 1. The van der Waals surface area contributed by atoms with E-state index in [2.05, 4.69) is 10.5 Å². The van der Waals surface area contributed by atoms with Gasteiger partial charge < -0.3 is 24.5 Å². The first kappa shape index (κ1) is 23.8. The van der Waals surface area contributed by atoms with Gasteiger partial charge in [-0.1, -0.05) is 35.5 Å². The van der Waals surface area contributed by atoms with E-state index in [-0.39, 0.29) is 17.9 Å². The van der Waals surface area contributed by atoms with E-state index in [1.165, 1.54) is 0 Å². The average Bonchev–Trinajstić information content (AvgIpc) is 3.42. The normalized spacial score (nSPS) is 15.6. The largest absolute Gasteiger partial charge is 0.365 e. The molecule has 0 bridgehead atoms. The molecule has 10 nitrogen and oxygen atoms in total. The number of amides is 2. The van der Waals surface area contributed by atoms with E-state index < -0.39 is 0 Å². The molecule has 0 spiro atoms. The smallest absolute Gasteiger partial charge is 0.273 e. The molecular formula is C26H31N7O3. The Morgan fingerprint density at radius 2 is 1.81 bits per heavy atom. The second-order valence-corrected chi connectivity index (χ2v) is 9.50. The summed E-state index contributed by atoms with van der Waals surface area (Å²) in [6.45, 7) is 10.8. The molecule has 188 valence electrons. The van der Waals surface area contributed by atoms with E-state index in [4.69, 9.17) is 14.5 Å².